The summed E-state index contributed by atoms with van der Waals surface area (Å²) in [7, 11) is 3.85. The van der Waals surface area contributed by atoms with Crippen LogP contribution in [0, 0.1) is 5.92 Å². The third-order valence-electron chi connectivity index (χ3n) is 6.03. The number of amides is 1. The van der Waals surface area contributed by atoms with Crippen molar-refractivity contribution < 1.29 is 9.53 Å². The molecule has 0 aliphatic heterocycles. The first-order valence-corrected chi connectivity index (χ1v) is 11.4. The van der Waals surface area contributed by atoms with Gasteiger partial charge in [0, 0.05) is 43.4 Å². The standard InChI is InChI=1S/C23H42N4O2/c1-6-7-13-26(4)17-20-15-24-25-23(20)19-8-10-21(11-9-19)27(16-18(2)3)22(28)12-14-29-5/h15,18-19,21H,6-14,16-17H2,1-5H3,(H,24,25). The number of unbranched alkanes of at least 4 members (excludes halogenated alkanes) is 1. The Morgan fingerprint density at radius 1 is 1.31 bits per heavy atom. The number of nitrogens with one attached hydrogen (secondary N) is 1. The molecule has 0 spiro atoms. The van der Waals surface area contributed by atoms with E-state index in [-0.39, 0.29) is 5.91 Å². The quantitative estimate of drug-likeness (QED) is 0.565. The van der Waals surface area contributed by atoms with Crippen molar-refractivity contribution in [2.75, 3.05) is 33.9 Å². The first-order chi connectivity index (χ1) is 14.0. The van der Waals surface area contributed by atoms with Crippen molar-refractivity contribution >= 4 is 5.91 Å². The largest absolute Gasteiger partial charge is 0.384 e. The van der Waals surface area contributed by atoms with Crippen LogP contribution in [0.2, 0.25) is 0 Å². The topological polar surface area (TPSA) is 61.5 Å². The van der Waals surface area contributed by atoms with Crippen LogP contribution < -0.4 is 0 Å². The van der Waals surface area contributed by atoms with E-state index in [4.69, 9.17) is 4.74 Å². The van der Waals surface area contributed by atoms with Crippen LogP contribution in [0.15, 0.2) is 6.20 Å². The molecule has 1 aliphatic carbocycles. The molecule has 1 aromatic rings. The highest BCUT2D eigenvalue weighted by Crippen LogP contribution is 2.36. The number of carbonyl (C=O) groups excluding carboxylic acids is 1. The number of ether oxygens (including phenoxy) is 1. The first kappa shape index (κ1) is 23.9. The van der Waals surface area contributed by atoms with Gasteiger partial charge in [-0.1, -0.05) is 27.2 Å². The van der Waals surface area contributed by atoms with Crippen molar-refractivity contribution in [2.24, 2.45) is 5.92 Å². The average Bonchev–Trinajstić information content (AvgIpc) is 3.16. The normalized spacial score (nSPS) is 19.8. The Bertz CT molecular complexity index is 593. The maximum Gasteiger partial charge on any atom is 0.225 e. The number of hydrogen-bond acceptors (Lipinski definition) is 4. The minimum atomic E-state index is 0.240. The number of H-pyrrole nitrogens is 1. The molecule has 1 heterocycles. The highest BCUT2D eigenvalue weighted by molar-refractivity contribution is 5.76. The van der Waals surface area contributed by atoms with Crippen LogP contribution in [0.5, 0.6) is 0 Å². The Hall–Kier alpha value is -1.40. The number of carbonyl (C=O) groups is 1. The SMILES string of the molecule is CCCCN(C)Cc1cn[nH]c1C1CCC(N(CC(C)C)C(=O)CCOC)CC1. The summed E-state index contributed by atoms with van der Waals surface area (Å²) in [5, 5.41) is 7.65. The van der Waals surface area contributed by atoms with E-state index in [2.05, 4.69) is 47.8 Å². The lowest BCUT2D eigenvalue weighted by Gasteiger charge is -2.38. The van der Waals surface area contributed by atoms with Gasteiger partial charge in [0.1, 0.15) is 0 Å². The summed E-state index contributed by atoms with van der Waals surface area (Å²) >= 11 is 0. The summed E-state index contributed by atoms with van der Waals surface area (Å²) in [6, 6.07) is 0.358. The number of rotatable bonds is 12. The van der Waals surface area contributed by atoms with E-state index in [0.717, 1.165) is 45.3 Å². The fraction of sp³-hybridized carbons (Fsp3) is 0.826. The zero-order chi connectivity index (χ0) is 21.2. The van der Waals surface area contributed by atoms with E-state index in [1.54, 1.807) is 7.11 Å². The Morgan fingerprint density at radius 2 is 2.03 bits per heavy atom. The third kappa shape index (κ3) is 7.41. The molecule has 1 saturated carbocycles. The Balaban J connectivity index is 1.95. The van der Waals surface area contributed by atoms with E-state index in [1.807, 2.05) is 6.20 Å². The molecule has 0 radical (unpaired) electrons. The third-order valence-corrected chi connectivity index (χ3v) is 6.03. The van der Waals surface area contributed by atoms with Gasteiger partial charge in [-0.05, 0) is 51.6 Å². The molecule has 1 N–H and O–H groups in total. The molecule has 29 heavy (non-hydrogen) atoms. The predicted octanol–water partition coefficient (Wildman–Crippen LogP) is 4.19. The molecule has 0 aromatic carbocycles. The molecule has 1 aromatic heterocycles. The number of nitrogens with zero attached hydrogens (tertiary/aromatic N) is 3. The monoisotopic (exact) mass is 406 g/mol. The highest BCUT2D eigenvalue weighted by Gasteiger charge is 2.31. The molecule has 0 saturated heterocycles. The van der Waals surface area contributed by atoms with Gasteiger partial charge in [-0.15, -0.1) is 0 Å². The highest BCUT2D eigenvalue weighted by atomic mass is 16.5. The molecule has 1 fully saturated rings. The zero-order valence-electron chi connectivity index (χ0n) is 19.2. The van der Waals surface area contributed by atoms with Gasteiger partial charge in [0.2, 0.25) is 5.91 Å². The maximum absolute atomic E-state index is 12.7. The van der Waals surface area contributed by atoms with E-state index >= 15 is 0 Å². The summed E-state index contributed by atoms with van der Waals surface area (Å²) in [5.74, 6) is 1.25. The van der Waals surface area contributed by atoms with Gasteiger partial charge < -0.3 is 14.5 Å². The second kappa shape index (κ2) is 12.3. The van der Waals surface area contributed by atoms with E-state index < -0.39 is 0 Å². The van der Waals surface area contributed by atoms with Crippen LogP contribution in [-0.4, -0.2) is 65.8 Å². The van der Waals surface area contributed by atoms with Crippen molar-refractivity contribution in [1.82, 2.24) is 20.0 Å². The van der Waals surface area contributed by atoms with E-state index in [9.17, 15) is 4.79 Å². The number of aromatic amines is 1. The second-order valence-electron chi connectivity index (χ2n) is 9.09. The van der Waals surface area contributed by atoms with Crippen molar-refractivity contribution in [3.63, 3.8) is 0 Å². The molecule has 0 unspecified atom stereocenters. The zero-order valence-corrected chi connectivity index (χ0v) is 19.2. The maximum atomic E-state index is 12.7. The van der Waals surface area contributed by atoms with Crippen LogP contribution >= 0.6 is 0 Å². The molecule has 2 rings (SSSR count). The molecule has 1 aliphatic rings. The summed E-state index contributed by atoms with van der Waals surface area (Å²) in [6.07, 6.45) is 9.32. The van der Waals surface area contributed by atoms with Gasteiger partial charge in [0.05, 0.1) is 19.2 Å². The average molecular weight is 407 g/mol. The molecule has 0 atom stereocenters. The Morgan fingerprint density at radius 3 is 2.66 bits per heavy atom. The second-order valence-corrected chi connectivity index (χ2v) is 9.09. The van der Waals surface area contributed by atoms with E-state index in [1.165, 1.54) is 24.1 Å². The lowest BCUT2D eigenvalue weighted by molar-refractivity contribution is -0.135. The predicted molar refractivity (Wildman–Crippen MR) is 118 cm³/mol. The summed E-state index contributed by atoms with van der Waals surface area (Å²) in [4.78, 5) is 17.3. The van der Waals surface area contributed by atoms with Crippen molar-refractivity contribution in [3.05, 3.63) is 17.5 Å². The first-order valence-electron chi connectivity index (χ1n) is 11.4. The minimum absolute atomic E-state index is 0.240. The molecule has 0 bridgehead atoms. The molecule has 166 valence electrons. The van der Waals surface area contributed by atoms with Crippen LogP contribution in [0.1, 0.15) is 82.9 Å². The summed E-state index contributed by atoms with van der Waals surface area (Å²) in [5.41, 5.74) is 2.65. The summed E-state index contributed by atoms with van der Waals surface area (Å²) < 4.78 is 5.13. The number of methoxy groups -OCH3 is 1. The smallest absolute Gasteiger partial charge is 0.225 e. The minimum Gasteiger partial charge on any atom is -0.384 e. The van der Waals surface area contributed by atoms with Gasteiger partial charge in [0.15, 0.2) is 0 Å². The van der Waals surface area contributed by atoms with Crippen molar-refractivity contribution in [1.29, 1.82) is 0 Å². The Labute approximate surface area is 177 Å². The van der Waals surface area contributed by atoms with Crippen LogP contribution in [0.25, 0.3) is 0 Å². The molecule has 6 nitrogen and oxygen atoms in total. The summed E-state index contributed by atoms with van der Waals surface area (Å²) in [6.45, 7) is 10.0. The van der Waals surface area contributed by atoms with Gasteiger partial charge in [-0.3, -0.25) is 9.89 Å². The lowest BCUT2D eigenvalue weighted by atomic mass is 9.82. The van der Waals surface area contributed by atoms with Gasteiger partial charge in [-0.25, -0.2) is 0 Å². The lowest BCUT2D eigenvalue weighted by Crippen LogP contribution is -2.44. The van der Waals surface area contributed by atoms with Crippen LogP contribution in [-0.2, 0) is 16.1 Å². The molecule has 1 amide bonds. The van der Waals surface area contributed by atoms with Crippen LogP contribution in [0.4, 0.5) is 0 Å². The van der Waals surface area contributed by atoms with Crippen LogP contribution in [0.3, 0.4) is 0 Å². The molecule has 6 heteroatoms. The number of aromatic nitrogens is 2. The van der Waals surface area contributed by atoms with Gasteiger partial charge >= 0.3 is 0 Å². The van der Waals surface area contributed by atoms with Gasteiger partial charge in [0.25, 0.3) is 0 Å². The van der Waals surface area contributed by atoms with E-state index in [0.29, 0.717) is 30.9 Å². The molecular formula is C23H42N4O2. The van der Waals surface area contributed by atoms with Gasteiger partial charge in [-0.2, -0.15) is 5.10 Å². The molecular weight excluding hydrogens is 364 g/mol. The van der Waals surface area contributed by atoms with Crippen molar-refractivity contribution in [2.45, 2.75) is 84.2 Å². The fourth-order valence-corrected chi connectivity index (χ4v) is 4.46. The Kier molecular flexibility index (Phi) is 10.2. The fourth-order valence-electron chi connectivity index (χ4n) is 4.46. The van der Waals surface area contributed by atoms with Crippen molar-refractivity contribution in [3.8, 4) is 0 Å². The number of hydrogen-bond donors (Lipinski definition) is 1.